The molecule has 7 nitrogen and oxygen atoms in total. The Kier molecular flexibility index (Phi) is 6.92. The number of carbonyl (C=O) groups is 3. The topological polar surface area (TPSA) is 105 Å². The molecule has 0 saturated carbocycles. The molecule has 1 atom stereocenters. The highest BCUT2D eigenvalue weighted by atomic mass is 32.1. The van der Waals surface area contributed by atoms with Gasteiger partial charge in [0.25, 0.3) is 5.91 Å². The molecule has 1 N–H and O–H groups in total. The Hall–Kier alpha value is -2.66. The van der Waals surface area contributed by atoms with E-state index in [0.29, 0.717) is 16.5 Å². The standard InChI is InChI=1S/C18H20N2O5S/c1-3-24-16(22)6-7-17(23)25-10-15(21)20-18-13(9-19)12-5-4-11(2)8-14(12)26-18/h6-7,11H,3-5,8,10H2,1-2H3,(H,20,21)/b7-6+/t11-/m1/s1. The van der Waals surface area contributed by atoms with Gasteiger partial charge in [0.1, 0.15) is 11.1 Å². The molecule has 0 fully saturated rings. The number of esters is 2. The molecule has 0 bridgehead atoms. The number of fused-ring (bicyclic) bond motifs is 1. The van der Waals surface area contributed by atoms with Crippen molar-refractivity contribution in [3.8, 4) is 6.07 Å². The van der Waals surface area contributed by atoms with E-state index in [0.717, 1.165) is 41.9 Å². The van der Waals surface area contributed by atoms with Crippen molar-refractivity contribution in [3.05, 3.63) is 28.2 Å². The number of hydrogen-bond acceptors (Lipinski definition) is 7. The molecule has 1 aliphatic carbocycles. The summed E-state index contributed by atoms with van der Waals surface area (Å²) in [7, 11) is 0. The summed E-state index contributed by atoms with van der Waals surface area (Å²) in [6, 6.07) is 2.16. The second-order valence-corrected chi connectivity index (χ2v) is 7.01. The summed E-state index contributed by atoms with van der Waals surface area (Å²) >= 11 is 1.40. The van der Waals surface area contributed by atoms with Gasteiger partial charge in [0, 0.05) is 17.0 Å². The van der Waals surface area contributed by atoms with Gasteiger partial charge in [-0.1, -0.05) is 6.92 Å². The average molecular weight is 376 g/mol. The summed E-state index contributed by atoms with van der Waals surface area (Å²) in [5, 5.41) is 12.5. The number of amides is 1. The van der Waals surface area contributed by atoms with Crippen molar-refractivity contribution in [1.82, 2.24) is 0 Å². The third kappa shape index (κ3) is 5.17. The normalized spacial score (nSPS) is 15.8. The summed E-state index contributed by atoms with van der Waals surface area (Å²) in [4.78, 5) is 35.7. The van der Waals surface area contributed by atoms with Gasteiger partial charge in [0.15, 0.2) is 6.61 Å². The van der Waals surface area contributed by atoms with Gasteiger partial charge in [-0.15, -0.1) is 11.3 Å². The van der Waals surface area contributed by atoms with Crippen LogP contribution in [0, 0.1) is 17.2 Å². The Balaban J connectivity index is 1.91. The minimum atomic E-state index is -0.826. The van der Waals surface area contributed by atoms with E-state index in [1.165, 1.54) is 11.3 Å². The molecule has 0 spiro atoms. The van der Waals surface area contributed by atoms with Gasteiger partial charge in [-0.3, -0.25) is 4.79 Å². The molecule has 1 aromatic heterocycles. The van der Waals surface area contributed by atoms with Crippen LogP contribution >= 0.6 is 11.3 Å². The second kappa shape index (κ2) is 9.15. The van der Waals surface area contributed by atoms with E-state index in [2.05, 4.69) is 23.0 Å². The number of nitrogens with zero attached hydrogens (tertiary/aromatic N) is 1. The number of rotatable bonds is 6. The van der Waals surface area contributed by atoms with Crippen LogP contribution in [-0.4, -0.2) is 31.1 Å². The zero-order valence-electron chi connectivity index (χ0n) is 14.7. The van der Waals surface area contributed by atoms with Gasteiger partial charge < -0.3 is 14.8 Å². The zero-order chi connectivity index (χ0) is 19.1. The van der Waals surface area contributed by atoms with Crippen molar-refractivity contribution in [1.29, 1.82) is 5.26 Å². The number of nitriles is 1. The van der Waals surface area contributed by atoms with Crippen LogP contribution in [-0.2, 0) is 36.7 Å². The van der Waals surface area contributed by atoms with Crippen LogP contribution in [0.3, 0.4) is 0 Å². The first-order valence-electron chi connectivity index (χ1n) is 8.30. The van der Waals surface area contributed by atoms with Gasteiger partial charge in [-0.25, -0.2) is 9.59 Å². The van der Waals surface area contributed by atoms with Gasteiger partial charge in [0.05, 0.1) is 12.2 Å². The van der Waals surface area contributed by atoms with Crippen molar-refractivity contribution in [2.75, 3.05) is 18.5 Å². The van der Waals surface area contributed by atoms with E-state index in [1.807, 2.05) is 0 Å². The minimum absolute atomic E-state index is 0.200. The Morgan fingerprint density at radius 3 is 2.65 bits per heavy atom. The maximum Gasteiger partial charge on any atom is 0.331 e. The van der Waals surface area contributed by atoms with E-state index in [9.17, 15) is 19.6 Å². The summed E-state index contributed by atoms with van der Waals surface area (Å²) in [6.07, 6.45) is 4.59. The third-order valence-corrected chi connectivity index (χ3v) is 5.03. The SMILES string of the molecule is CCOC(=O)/C=C/C(=O)OCC(=O)Nc1sc2c(c1C#N)CC[C@@H](C)C2. The fraction of sp³-hybridized carbons (Fsp3) is 0.444. The number of anilines is 1. The molecule has 8 heteroatoms. The van der Waals surface area contributed by atoms with Crippen LogP contribution in [0.5, 0.6) is 0 Å². The number of thiophene rings is 1. The molecule has 26 heavy (non-hydrogen) atoms. The first-order chi connectivity index (χ1) is 12.4. The predicted molar refractivity (Wildman–Crippen MR) is 95.6 cm³/mol. The van der Waals surface area contributed by atoms with E-state index >= 15 is 0 Å². The average Bonchev–Trinajstić information content (AvgIpc) is 2.94. The van der Waals surface area contributed by atoms with Crippen molar-refractivity contribution >= 4 is 34.2 Å². The monoisotopic (exact) mass is 376 g/mol. The van der Waals surface area contributed by atoms with E-state index < -0.39 is 24.5 Å². The van der Waals surface area contributed by atoms with Gasteiger partial charge in [-0.2, -0.15) is 5.26 Å². The lowest BCUT2D eigenvalue weighted by atomic mass is 9.89. The summed E-state index contributed by atoms with van der Waals surface area (Å²) < 4.78 is 9.40. The summed E-state index contributed by atoms with van der Waals surface area (Å²) in [6.45, 7) is 3.50. The van der Waals surface area contributed by atoms with Crippen molar-refractivity contribution in [2.45, 2.75) is 33.1 Å². The number of hydrogen-bond donors (Lipinski definition) is 1. The van der Waals surface area contributed by atoms with Crippen molar-refractivity contribution in [3.63, 3.8) is 0 Å². The maximum absolute atomic E-state index is 12.0. The molecule has 1 aliphatic rings. The fourth-order valence-electron chi connectivity index (χ4n) is 2.63. The predicted octanol–water partition coefficient (Wildman–Crippen LogP) is 2.35. The lowest BCUT2D eigenvalue weighted by Gasteiger charge is -2.17. The zero-order valence-corrected chi connectivity index (χ0v) is 15.5. The molecular formula is C18H20N2O5S. The van der Waals surface area contributed by atoms with Crippen LogP contribution in [0.4, 0.5) is 5.00 Å². The molecule has 138 valence electrons. The number of ether oxygens (including phenoxy) is 2. The lowest BCUT2D eigenvalue weighted by Crippen LogP contribution is -2.20. The van der Waals surface area contributed by atoms with Crippen LogP contribution < -0.4 is 5.32 Å². The Labute approximate surface area is 155 Å². The maximum atomic E-state index is 12.0. The van der Waals surface area contributed by atoms with Crippen LogP contribution in [0.1, 0.15) is 36.3 Å². The van der Waals surface area contributed by atoms with Crippen molar-refractivity contribution in [2.24, 2.45) is 5.92 Å². The van der Waals surface area contributed by atoms with E-state index in [1.54, 1.807) is 6.92 Å². The lowest BCUT2D eigenvalue weighted by molar-refractivity contribution is -0.143. The van der Waals surface area contributed by atoms with Gasteiger partial charge in [0.2, 0.25) is 0 Å². The highest BCUT2D eigenvalue weighted by molar-refractivity contribution is 7.16. The quantitative estimate of drug-likeness (QED) is 0.603. The van der Waals surface area contributed by atoms with Crippen LogP contribution in [0.25, 0.3) is 0 Å². The van der Waals surface area contributed by atoms with Gasteiger partial charge >= 0.3 is 11.9 Å². The molecule has 0 saturated heterocycles. The molecule has 2 rings (SSSR count). The number of carbonyl (C=O) groups excluding carboxylic acids is 3. The minimum Gasteiger partial charge on any atom is -0.463 e. The first-order valence-corrected chi connectivity index (χ1v) is 9.12. The molecule has 1 amide bonds. The van der Waals surface area contributed by atoms with Crippen molar-refractivity contribution < 1.29 is 23.9 Å². The first kappa shape index (κ1) is 19.7. The molecule has 0 aromatic carbocycles. The smallest absolute Gasteiger partial charge is 0.331 e. The fourth-order valence-corrected chi connectivity index (χ4v) is 4.01. The molecule has 1 aromatic rings. The molecule has 1 heterocycles. The van der Waals surface area contributed by atoms with E-state index in [-0.39, 0.29) is 6.61 Å². The largest absolute Gasteiger partial charge is 0.463 e. The second-order valence-electron chi connectivity index (χ2n) is 5.91. The summed E-state index contributed by atoms with van der Waals surface area (Å²) in [5.41, 5.74) is 1.51. The highest BCUT2D eigenvalue weighted by Gasteiger charge is 2.24. The van der Waals surface area contributed by atoms with Crippen LogP contribution in [0.15, 0.2) is 12.2 Å². The highest BCUT2D eigenvalue weighted by Crippen LogP contribution is 2.39. The molecule has 0 radical (unpaired) electrons. The molecular weight excluding hydrogens is 356 g/mol. The third-order valence-electron chi connectivity index (χ3n) is 3.86. The summed E-state index contributed by atoms with van der Waals surface area (Å²) in [5.74, 6) is -1.46. The Morgan fingerprint density at radius 2 is 2.00 bits per heavy atom. The van der Waals surface area contributed by atoms with Gasteiger partial charge in [-0.05, 0) is 37.7 Å². The Bertz CT molecular complexity index is 775. The molecule has 0 aliphatic heterocycles. The van der Waals surface area contributed by atoms with E-state index in [4.69, 9.17) is 4.74 Å². The Morgan fingerprint density at radius 1 is 1.31 bits per heavy atom. The van der Waals surface area contributed by atoms with Crippen LogP contribution in [0.2, 0.25) is 0 Å². The molecule has 0 unspecified atom stereocenters. The number of nitrogens with one attached hydrogen (secondary N) is 1.